The highest BCUT2D eigenvalue weighted by Crippen LogP contribution is 2.23. The third-order valence-electron chi connectivity index (χ3n) is 5.01. The average molecular weight is 472 g/mol. The Bertz CT molecular complexity index is 1330. The lowest BCUT2D eigenvalue weighted by molar-refractivity contribution is -0.120. The number of hydrogen-bond acceptors (Lipinski definition) is 4. The quantitative estimate of drug-likeness (QED) is 0.309. The van der Waals surface area contributed by atoms with Crippen molar-refractivity contribution >= 4 is 29.6 Å². The first kappa shape index (κ1) is 22.9. The van der Waals surface area contributed by atoms with E-state index in [9.17, 15) is 9.59 Å². The van der Waals surface area contributed by atoms with Gasteiger partial charge in [-0.05, 0) is 31.2 Å². The number of benzene rings is 3. The van der Waals surface area contributed by atoms with Crippen LogP contribution in [0.5, 0.6) is 0 Å². The Morgan fingerprint density at radius 2 is 1.71 bits per heavy atom. The normalized spacial score (nSPS) is 10.9. The Balaban J connectivity index is 1.46. The molecule has 0 unspecified atom stereocenters. The Morgan fingerprint density at radius 3 is 2.44 bits per heavy atom. The highest BCUT2D eigenvalue weighted by molar-refractivity contribution is 6.33. The topological polar surface area (TPSA) is 88.4 Å². The number of amides is 2. The SMILES string of the molecule is Cc1ccc(-c2nn(-c3ccccc3)cc2/C=N\NC(=O)CNC(=O)c2ccccc2Cl)cc1. The van der Waals surface area contributed by atoms with Gasteiger partial charge in [-0.15, -0.1) is 0 Å². The molecule has 0 aliphatic rings. The number of nitrogens with one attached hydrogen (secondary N) is 2. The van der Waals surface area contributed by atoms with Crippen molar-refractivity contribution in [1.82, 2.24) is 20.5 Å². The summed E-state index contributed by atoms with van der Waals surface area (Å²) in [7, 11) is 0. The van der Waals surface area contributed by atoms with E-state index in [2.05, 4.69) is 15.8 Å². The number of carbonyl (C=O) groups is 2. The van der Waals surface area contributed by atoms with E-state index in [0.717, 1.165) is 28.1 Å². The molecule has 3 aromatic carbocycles. The molecule has 2 amide bonds. The van der Waals surface area contributed by atoms with Crippen LogP contribution in [0, 0.1) is 6.92 Å². The van der Waals surface area contributed by atoms with Gasteiger partial charge >= 0.3 is 0 Å². The monoisotopic (exact) mass is 471 g/mol. The molecule has 0 fully saturated rings. The molecule has 1 heterocycles. The van der Waals surface area contributed by atoms with Gasteiger partial charge in [0.1, 0.15) is 5.69 Å². The van der Waals surface area contributed by atoms with Crippen molar-refractivity contribution in [3.05, 3.63) is 107 Å². The van der Waals surface area contributed by atoms with Crippen molar-refractivity contribution < 1.29 is 9.59 Å². The van der Waals surface area contributed by atoms with Crippen molar-refractivity contribution in [2.45, 2.75) is 6.92 Å². The summed E-state index contributed by atoms with van der Waals surface area (Å²) in [5, 5.41) is 11.6. The van der Waals surface area contributed by atoms with Crippen LogP contribution in [0.3, 0.4) is 0 Å². The van der Waals surface area contributed by atoms with Gasteiger partial charge in [0, 0.05) is 17.3 Å². The number of hydrazone groups is 1. The van der Waals surface area contributed by atoms with Crippen molar-refractivity contribution in [3.8, 4) is 16.9 Å². The fourth-order valence-electron chi connectivity index (χ4n) is 3.25. The van der Waals surface area contributed by atoms with Crippen LogP contribution in [0.4, 0.5) is 0 Å². The van der Waals surface area contributed by atoms with Gasteiger partial charge in [-0.2, -0.15) is 10.2 Å². The molecule has 0 spiro atoms. The third-order valence-corrected chi connectivity index (χ3v) is 5.34. The van der Waals surface area contributed by atoms with Crippen LogP contribution < -0.4 is 10.7 Å². The second-order valence-corrected chi connectivity index (χ2v) is 7.94. The summed E-state index contributed by atoms with van der Waals surface area (Å²) in [6.07, 6.45) is 3.38. The Morgan fingerprint density at radius 1 is 1.00 bits per heavy atom. The van der Waals surface area contributed by atoms with Crippen LogP contribution in [0.15, 0.2) is 90.2 Å². The van der Waals surface area contributed by atoms with Gasteiger partial charge in [-0.1, -0.05) is 71.8 Å². The van der Waals surface area contributed by atoms with E-state index in [4.69, 9.17) is 16.7 Å². The first-order chi connectivity index (χ1) is 16.5. The van der Waals surface area contributed by atoms with Crippen molar-refractivity contribution in [1.29, 1.82) is 0 Å². The summed E-state index contributed by atoms with van der Waals surface area (Å²) >= 11 is 6.01. The standard InChI is InChI=1S/C26H22ClN5O2/c1-18-11-13-19(14-12-18)25-20(17-32(31-25)21-7-3-2-4-8-21)15-29-30-24(33)16-28-26(34)22-9-5-6-10-23(22)27/h2-15,17H,16H2,1H3,(H,28,34)(H,30,33)/b29-15-. The molecule has 0 bridgehead atoms. The fraction of sp³-hybridized carbons (Fsp3) is 0.0769. The van der Waals surface area contributed by atoms with E-state index in [0.29, 0.717) is 10.6 Å². The maximum Gasteiger partial charge on any atom is 0.259 e. The number of nitrogens with zero attached hydrogens (tertiary/aromatic N) is 3. The third kappa shape index (κ3) is 5.57. The van der Waals surface area contributed by atoms with Gasteiger partial charge in [-0.3, -0.25) is 9.59 Å². The Labute approximate surface area is 202 Å². The van der Waals surface area contributed by atoms with Crippen LogP contribution in [0.25, 0.3) is 16.9 Å². The number of rotatable bonds is 7. The molecule has 0 aliphatic carbocycles. The van der Waals surface area contributed by atoms with E-state index in [-0.39, 0.29) is 6.54 Å². The summed E-state index contributed by atoms with van der Waals surface area (Å²) < 4.78 is 1.77. The maximum atomic E-state index is 12.2. The van der Waals surface area contributed by atoms with Crippen LogP contribution in [-0.2, 0) is 4.79 Å². The molecule has 7 nitrogen and oxygen atoms in total. The summed E-state index contributed by atoms with van der Waals surface area (Å²) in [6, 6.07) is 24.4. The lowest BCUT2D eigenvalue weighted by atomic mass is 10.1. The summed E-state index contributed by atoms with van der Waals surface area (Å²) in [5.74, 6) is -0.903. The van der Waals surface area contributed by atoms with E-state index >= 15 is 0 Å². The average Bonchev–Trinajstić information content (AvgIpc) is 3.28. The van der Waals surface area contributed by atoms with E-state index in [1.54, 1.807) is 28.9 Å². The molecule has 0 saturated heterocycles. The Hall–Kier alpha value is -4.23. The first-order valence-electron chi connectivity index (χ1n) is 10.6. The van der Waals surface area contributed by atoms with Gasteiger partial charge in [0.25, 0.3) is 11.8 Å². The second-order valence-electron chi connectivity index (χ2n) is 7.53. The molecule has 170 valence electrons. The van der Waals surface area contributed by atoms with Gasteiger partial charge in [0.15, 0.2) is 0 Å². The maximum absolute atomic E-state index is 12.2. The van der Waals surface area contributed by atoms with Crippen LogP contribution in [0.2, 0.25) is 5.02 Å². The van der Waals surface area contributed by atoms with Crippen LogP contribution >= 0.6 is 11.6 Å². The second kappa shape index (κ2) is 10.6. The molecule has 1 aromatic heterocycles. The number of halogens is 1. The number of hydrogen-bond donors (Lipinski definition) is 2. The summed E-state index contributed by atoms with van der Waals surface area (Å²) in [5.41, 5.74) is 7.18. The number of para-hydroxylation sites is 1. The zero-order valence-electron chi connectivity index (χ0n) is 18.4. The molecular formula is C26H22ClN5O2. The predicted molar refractivity (Wildman–Crippen MR) is 133 cm³/mol. The van der Waals surface area contributed by atoms with Crippen molar-refractivity contribution in [3.63, 3.8) is 0 Å². The zero-order valence-corrected chi connectivity index (χ0v) is 19.2. The minimum atomic E-state index is -0.469. The first-order valence-corrected chi connectivity index (χ1v) is 11.0. The number of carbonyl (C=O) groups excluding carboxylic acids is 2. The predicted octanol–water partition coefficient (Wildman–Crippen LogP) is 4.38. The largest absolute Gasteiger partial charge is 0.343 e. The van der Waals surface area contributed by atoms with Crippen molar-refractivity contribution in [2.24, 2.45) is 5.10 Å². The zero-order chi connectivity index (χ0) is 23.9. The Kier molecular flexibility index (Phi) is 7.15. The smallest absolute Gasteiger partial charge is 0.259 e. The molecule has 0 radical (unpaired) electrons. The highest BCUT2D eigenvalue weighted by atomic mass is 35.5. The summed E-state index contributed by atoms with van der Waals surface area (Å²) in [6.45, 7) is 1.78. The molecule has 4 aromatic rings. The molecular weight excluding hydrogens is 450 g/mol. The molecule has 0 atom stereocenters. The summed E-state index contributed by atoms with van der Waals surface area (Å²) in [4.78, 5) is 24.4. The van der Waals surface area contributed by atoms with Crippen LogP contribution in [0.1, 0.15) is 21.5 Å². The molecule has 2 N–H and O–H groups in total. The minimum absolute atomic E-state index is 0.241. The minimum Gasteiger partial charge on any atom is -0.343 e. The fourth-order valence-corrected chi connectivity index (χ4v) is 3.47. The highest BCUT2D eigenvalue weighted by Gasteiger charge is 2.12. The number of aryl methyl sites for hydroxylation is 1. The van der Waals surface area contributed by atoms with Gasteiger partial charge in [-0.25, -0.2) is 10.1 Å². The van der Waals surface area contributed by atoms with Crippen molar-refractivity contribution in [2.75, 3.05) is 6.54 Å². The molecule has 0 saturated carbocycles. The molecule has 34 heavy (non-hydrogen) atoms. The van der Waals surface area contributed by atoms with Gasteiger partial charge in [0.05, 0.1) is 29.0 Å². The lowest BCUT2D eigenvalue weighted by Crippen LogP contribution is -2.35. The van der Waals surface area contributed by atoms with E-state index < -0.39 is 11.8 Å². The van der Waals surface area contributed by atoms with Crippen LogP contribution in [-0.4, -0.2) is 34.4 Å². The number of aromatic nitrogens is 2. The molecule has 4 rings (SSSR count). The van der Waals surface area contributed by atoms with Gasteiger partial charge < -0.3 is 5.32 Å². The van der Waals surface area contributed by atoms with E-state index in [1.165, 1.54) is 6.21 Å². The van der Waals surface area contributed by atoms with Gasteiger partial charge in [0.2, 0.25) is 0 Å². The van der Waals surface area contributed by atoms with E-state index in [1.807, 2.05) is 67.7 Å². The molecule has 8 heteroatoms. The lowest BCUT2D eigenvalue weighted by Gasteiger charge is -2.05. The molecule has 0 aliphatic heterocycles.